The van der Waals surface area contributed by atoms with Gasteiger partial charge in [-0.1, -0.05) is 33.6 Å². The Morgan fingerprint density at radius 2 is 2.10 bits per heavy atom. The number of methoxy groups -OCH3 is 1. The molecule has 6 heteroatoms. The van der Waals surface area contributed by atoms with Gasteiger partial charge in [0.2, 0.25) is 0 Å². The summed E-state index contributed by atoms with van der Waals surface area (Å²) in [5, 5.41) is 1.39. The van der Waals surface area contributed by atoms with Gasteiger partial charge in [-0.25, -0.2) is 9.97 Å². The van der Waals surface area contributed by atoms with Crippen LogP contribution in [0.25, 0.3) is 22.3 Å². The molecule has 0 amide bonds. The van der Waals surface area contributed by atoms with Crippen LogP contribution >= 0.6 is 27.5 Å². The first kappa shape index (κ1) is 14.4. The number of rotatable bonds is 3. The first-order valence-corrected chi connectivity index (χ1v) is 7.42. The molecule has 0 spiro atoms. The quantitative estimate of drug-likeness (QED) is 0.652. The second-order valence-electron chi connectivity index (χ2n) is 4.43. The molecule has 21 heavy (non-hydrogen) atoms. The fraction of sp³-hybridized carbons (Fsp3) is 0.133. The van der Waals surface area contributed by atoms with E-state index in [1.54, 1.807) is 19.4 Å². The van der Waals surface area contributed by atoms with Crippen LogP contribution in [-0.2, 0) is 11.3 Å². The van der Waals surface area contributed by atoms with E-state index in [0.29, 0.717) is 17.6 Å². The van der Waals surface area contributed by atoms with E-state index in [9.17, 15) is 0 Å². The van der Waals surface area contributed by atoms with Crippen LogP contribution in [0.15, 0.2) is 41.0 Å². The highest BCUT2D eigenvalue weighted by molar-refractivity contribution is 9.10. The molecule has 2 heterocycles. The minimum absolute atomic E-state index is 0.386. The highest BCUT2D eigenvalue weighted by Gasteiger charge is 2.12. The number of halogens is 2. The van der Waals surface area contributed by atoms with Gasteiger partial charge in [-0.15, -0.1) is 0 Å². The first-order valence-electron chi connectivity index (χ1n) is 6.25. The summed E-state index contributed by atoms with van der Waals surface area (Å²) in [5.41, 5.74) is 2.41. The molecule has 0 saturated carbocycles. The average Bonchev–Trinajstić information content (AvgIpc) is 2.47. The lowest BCUT2D eigenvalue weighted by atomic mass is 10.1. The molecule has 0 aliphatic carbocycles. The minimum atomic E-state index is 0.386. The Balaban J connectivity index is 2.23. The van der Waals surface area contributed by atoms with Gasteiger partial charge < -0.3 is 4.74 Å². The van der Waals surface area contributed by atoms with E-state index >= 15 is 0 Å². The Bertz CT molecular complexity index is 810. The van der Waals surface area contributed by atoms with Crippen molar-refractivity contribution in [1.29, 1.82) is 0 Å². The topological polar surface area (TPSA) is 47.9 Å². The molecule has 0 fully saturated rings. The Labute approximate surface area is 135 Å². The summed E-state index contributed by atoms with van der Waals surface area (Å²) >= 11 is 9.61. The molecule has 0 N–H and O–H groups in total. The number of pyridine rings is 1. The van der Waals surface area contributed by atoms with Crippen LogP contribution in [0.4, 0.5) is 0 Å². The fourth-order valence-corrected chi connectivity index (χ4v) is 2.78. The van der Waals surface area contributed by atoms with Gasteiger partial charge in [0.25, 0.3) is 0 Å². The number of aromatic nitrogens is 3. The third-order valence-electron chi connectivity index (χ3n) is 3.00. The second-order valence-corrected chi connectivity index (χ2v) is 5.67. The lowest BCUT2D eigenvalue weighted by molar-refractivity contribution is 0.181. The standard InChI is InChI=1S/C15H11BrClN3O/c1-21-8-9-7-13(17)20-15(19-9)11-4-5-12(16)10-3-2-6-18-14(10)11/h2-7H,8H2,1H3. The third kappa shape index (κ3) is 2.90. The predicted octanol–water partition coefficient (Wildman–Crippen LogP) is 4.25. The smallest absolute Gasteiger partial charge is 0.163 e. The van der Waals surface area contributed by atoms with Crippen molar-refractivity contribution in [3.63, 3.8) is 0 Å². The van der Waals surface area contributed by atoms with Gasteiger partial charge in [-0.3, -0.25) is 4.98 Å². The van der Waals surface area contributed by atoms with Crippen LogP contribution in [0.2, 0.25) is 5.15 Å². The van der Waals surface area contributed by atoms with Crippen molar-refractivity contribution in [3.8, 4) is 11.4 Å². The van der Waals surface area contributed by atoms with Crippen LogP contribution in [0, 0.1) is 0 Å². The van der Waals surface area contributed by atoms with E-state index in [2.05, 4.69) is 30.9 Å². The second kappa shape index (κ2) is 6.05. The number of hydrogen-bond acceptors (Lipinski definition) is 4. The van der Waals surface area contributed by atoms with E-state index in [1.807, 2.05) is 24.3 Å². The molecule has 0 bridgehead atoms. The molecule has 1 aromatic carbocycles. The average molecular weight is 365 g/mol. The molecule has 0 unspecified atom stereocenters. The van der Waals surface area contributed by atoms with Gasteiger partial charge in [0.15, 0.2) is 5.82 Å². The zero-order chi connectivity index (χ0) is 14.8. The van der Waals surface area contributed by atoms with Crippen molar-refractivity contribution >= 4 is 38.4 Å². The fourth-order valence-electron chi connectivity index (χ4n) is 2.12. The lowest BCUT2D eigenvalue weighted by Gasteiger charge is -2.08. The van der Waals surface area contributed by atoms with Crippen molar-refractivity contribution in [1.82, 2.24) is 15.0 Å². The zero-order valence-corrected chi connectivity index (χ0v) is 13.5. The Morgan fingerprint density at radius 1 is 1.24 bits per heavy atom. The Morgan fingerprint density at radius 3 is 2.90 bits per heavy atom. The minimum Gasteiger partial charge on any atom is -0.378 e. The van der Waals surface area contributed by atoms with Gasteiger partial charge in [0.1, 0.15) is 5.15 Å². The summed E-state index contributed by atoms with van der Waals surface area (Å²) < 4.78 is 6.09. The Kier molecular flexibility index (Phi) is 4.14. The van der Waals surface area contributed by atoms with Crippen LogP contribution in [-0.4, -0.2) is 22.1 Å². The molecule has 0 atom stereocenters. The molecule has 0 saturated heterocycles. The van der Waals surface area contributed by atoms with Gasteiger partial charge in [0, 0.05) is 28.7 Å². The normalized spacial score (nSPS) is 11.0. The predicted molar refractivity (Wildman–Crippen MR) is 86.2 cm³/mol. The molecular formula is C15H11BrClN3O. The molecule has 4 nitrogen and oxygen atoms in total. The van der Waals surface area contributed by atoms with Crippen LogP contribution < -0.4 is 0 Å². The molecule has 3 aromatic rings. The molecule has 106 valence electrons. The van der Waals surface area contributed by atoms with Crippen LogP contribution in [0.1, 0.15) is 5.69 Å². The van der Waals surface area contributed by atoms with Crippen molar-refractivity contribution in [2.45, 2.75) is 6.61 Å². The Hall–Kier alpha value is -1.56. The highest BCUT2D eigenvalue weighted by Crippen LogP contribution is 2.30. The summed E-state index contributed by atoms with van der Waals surface area (Å²) in [6.07, 6.45) is 1.75. The highest BCUT2D eigenvalue weighted by atomic mass is 79.9. The van der Waals surface area contributed by atoms with Crippen molar-refractivity contribution in [2.75, 3.05) is 7.11 Å². The lowest BCUT2D eigenvalue weighted by Crippen LogP contribution is -1.98. The van der Waals surface area contributed by atoms with E-state index in [4.69, 9.17) is 16.3 Å². The number of benzene rings is 1. The summed E-state index contributed by atoms with van der Waals surface area (Å²) in [6, 6.07) is 9.48. The summed E-state index contributed by atoms with van der Waals surface area (Å²) in [6.45, 7) is 0.386. The van der Waals surface area contributed by atoms with E-state index < -0.39 is 0 Å². The van der Waals surface area contributed by atoms with Crippen molar-refractivity contribution < 1.29 is 4.74 Å². The molecule has 0 aliphatic rings. The SMILES string of the molecule is COCc1cc(Cl)nc(-c2ccc(Br)c3cccnc23)n1. The maximum atomic E-state index is 6.08. The van der Waals surface area contributed by atoms with E-state index in [1.165, 1.54) is 0 Å². The summed E-state index contributed by atoms with van der Waals surface area (Å²) in [7, 11) is 1.62. The number of fused-ring (bicyclic) bond motifs is 1. The van der Waals surface area contributed by atoms with E-state index in [0.717, 1.165) is 26.6 Å². The van der Waals surface area contributed by atoms with Crippen molar-refractivity contribution in [2.24, 2.45) is 0 Å². The van der Waals surface area contributed by atoms with Gasteiger partial charge >= 0.3 is 0 Å². The van der Waals surface area contributed by atoms with Gasteiger partial charge in [-0.05, 0) is 24.3 Å². The molecule has 2 aromatic heterocycles. The summed E-state index contributed by atoms with van der Waals surface area (Å²) in [4.78, 5) is 13.2. The van der Waals surface area contributed by atoms with Crippen molar-refractivity contribution in [3.05, 3.63) is 51.8 Å². The maximum absolute atomic E-state index is 6.08. The zero-order valence-electron chi connectivity index (χ0n) is 11.2. The van der Waals surface area contributed by atoms with Gasteiger partial charge in [0.05, 0.1) is 17.8 Å². The monoisotopic (exact) mass is 363 g/mol. The molecule has 3 rings (SSSR count). The number of nitrogens with zero attached hydrogens (tertiary/aromatic N) is 3. The van der Waals surface area contributed by atoms with E-state index in [-0.39, 0.29) is 0 Å². The van der Waals surface area contributed by atoms with Gasteiger partial charge in [-0.2, -0.15) is 0 Å². The largest absolute Gasteiger partial charge is 0.378 e. The summed E-state index contributed by atoms with van der Waals surface area (Å²) in [5.74, 6) is 0.547. The number of hydrogen-bond donors (Lipinski definition) is 0. The molecule has 0 aliphatic heterocycles. The van der Waals surface area contributed by atoms with Crippen LogP contribution in [0.5, 0.6) is 0 Å². The molecular weight excluding hydrogens is 354 g/mol. The maximum Gasteiger partial charge on any atom is 0.163 e. The number of ether oxygens (including phenoxy) is 1. The first-order chi connectivity index (χ1) is 10.2. The van der Waals surface area contributed by atoms with Crippen LogP contribution in [0.3, 0.4) is 0 Å². The molecule has 0 radical (unpaired) electrons. The third-order valence-corrected chi connectivity index (χ3v) is 3.88.